The van der Waals surface area contributed by atoms with Crippen LogP contribution >= 0.6 is 11.8 Å². The summed E-state index contributed by atoms with van der Waals surface area (Å²) in [5.41, 5.74) is 2.73. The van der Waals surface area contributed by atoms with E-state index < -0.39 is 0 Å². The fourth-order valence-corrected chi connectivity index (χ4v) is 3.54. The number of hydrogen-bond donors (Lipinski definition) is 0. The number of ether oxygens (including phenoxy) is 1. The van der Waals surface area contributed by atoms with Crippen molar-refractivity contribution in [2.24, 2.45) is 5.92 Å². The largest absolute Gasteiger partial charge is 0.375 e. The van der Waals surface area contributed by atoms with E-state index in [2.05, 4.69) is 51.1 Å². The van der Waals surface area contributed by atoms with E-state index in [0.29, 0.717) is 16.4 Å². The van der Waals surface area contributed by atoms with Gasteiger partial charge in [0, 0.05) is 10.5 Å². The first-order valence-electron chi connectivity index (χ1n) is 6.62. The number of benzene rings is 1. The van der Waals surface area contributed by atoms with Crippen molar-refractivity contribution >= 4 is 11.8 Å². The van der Waals surface area contributed by atoms with Crippen LogP contribution < -0.4 is 0 Å². The third kappa shape index (κ3) is 3.63. The van der Waals surface area contributed by atoms with E-state index in [1.54, 1.807) is 0 Å². The van der Waals surface area contributed by atoms with Crippen molar-refractivity contribution in [1.29, 1.82) is 0 Å². The first-order chi connectivity index (χ1) is 8.66. The molecular formula is C16H22OS. The second kappa shape index (κ2) is 6.44. The van der Waals surface area contributed by atoms with Crippen LogP contribution in [0.1, 0.15) is 26.3 Å². The molecule has 2 rings (SSSR count). The third-order valence-corrected chi connectivity index (χ3v) is 5.13. The van der Waals surface area contributed by atoms with Crippen LogP contribution in [0.5, 0.6) is 0 Å². The highest BCUT2D eigenvalue weighted by Gasteiger charge is 2.26. The van der Waals surface area contributed by atoms with E-state index >= 15 is 0 Å². The van der Waals surface area contributed by atoms with E-state index in [-0.39, 0.29) is 0 Å². The van der Waals surface area contributed by atoms with Crippen LogP contribution in [0.2, 0.25) is 0 Å². The van der Waals surface area contributed by atoms with E-state index in [9.17, 15) is 0 Å². The summed E-state index contributed by atoms with van der Waals surface area (Å²) in [6.45, 7) is 8.35. The Labute approximate surface area is 115 Å². The Morgan fingerprint density at radius 2 is 1.94 bits per heavy atom. The normalized spacial score (nSPS) is 23.4. The molecule has 0 N–H and O–H groups in total. The number of thioether (sulfide) groups is 1. The molecule has 0 spiro atoms. The summed E-state index contributed by atoms with van der Waals surface area (Å²) < 4.78 is 5.84. The Hall–Kier alpha value is -0.730. The quantitative estimate of drug-likeness (QED) is 0.732. The second-order valence-corrected chi connectivity index (χ2v) is 6.63. The van der Waals surface area contributed by atoms with Crippen LogP contribution in [0, 0.1) is 5.92 Å². The summed E-state index contributed by atoms with van der Waals surface area (Å²) in [5.74, 6) is 0.712. The highest BCUT2D eigenvalue weighted by Crippen LogP contribution is 2.36. The smallest absolute Gasteiger partial charge is 0.0717 e. The summed E-state index contributed by atoms with van der Waals surface area (Å²) in [4.78, 5) is 0. The van der Waals surface area contributed by atoms with Crippen molar-refractivity contribution in [2.45, 2.75) is 37.9 Å². The van der Waals surface area contributed by atoms with Gasteiger partial charge in [-0.25, -0.2) is 0 Å². The van der Waals surface area contributed by atoms with Crippen LogP contribution in [0.25, 0.3) is 0 Å². The Bertz CT molecular complexity index is 397. The molecule has 1 aromatic rings. The molecule has 0 radical (unpaired) electrons. The van der Waals surface area contributed by atoms with Gasteiger partial charge in [0.05, 0.1) is 13.2 Å². The van der Waals surface area contributed by atoms with E-state index in [1.165, 1.54) is 11.1 Å². The van der Waals surface area contributed by atoms with Crippen LogP contribution in [-0.4, -0.2) is 17.1 Å². The summed E-state index contributed by atoms with van der Waals surface area (Å²) >= 11 is 2.04. The molecule has 1 aliphatic rings. The van der Waals surface area contributed by atoms with Crippen molar-refractivity contribution in [3.05, 3.63) is 47.5 Å². The van der Waals surface area contributed by atoms with Crippen LogP contribution in [0.15, 0.2) is 42.0 Å². The topological polar surface area (TPSA) is 9.23 Å². The molecule has 1 nitrogen and oxygen atoms in total. The molecule has 18 heavy (non-hydrogen) atoms. The Kier molecular flexibility index (Phi) is 4.90. The van der Waals surface area contributed by atoms with Crippen LogP contribution in [-0.2, 0) is 11.3 Å². The maximum Gasteiger partial charge on any atom is 0.0717 e. The minimum Gasteiger partial charge on any atom is -0.375 e. The van der Waals surface area contributed by atoms with Gasteiger partial charge in [-0.3, -0.25) is 0 Å². The van der Waals surface area contributed by atoms with Gasteiger partial charge in [0.25, 0.3) is 0 Å². The SMILES string of the molecule is CC1=C[C@H](C(C)C)S[C@H]1COCc1ccccc1. The number of hydrogen-bond acceptors (Lipinski definition) is 2. The molecule has 0 unspecified atom stereocenters. The monoisotopic (exact) mass is 262 g/mol. The molecule has 2 atom stereocenters. The average Bonchev–Trinajstić information content (AvgIpc) is 2.73. The van der Waals surface area contributed by atoms with Gasteiger partial charge >= 0.3 is 0 Å². The lowest BCUT2D eigenvalue weighted by atomic mass is 10.1. The fraction of sp³-hybridized carbons (Fsp3) is 0.500. The van der Waals surface area contributed by atoms with E-state index in [0.717, 1.165) is 13.2 Å². The lowest BCUT2D eigenvalue weighted by Crippen LogP contribution is -2.13. The van der Waals surface area contributed by atoms with Crippen molar-refractivity contribution in [3.63, 3.8) is 0 Å². The predicted octanol–water partition coefficient (Wildman–Crippen LogP) is 4.29. The maximum atomic E-state index is 5.84. The van der Waals surface area contributed by atoms with Gasteiger partial charge < -0.3 is 4.74 Å². The summed E-state index contributed by atoms with van der Waals surface area (Å²) in [6.07, 6.45) is 2.41. The third-order valence-electron chi connectivity index (χ3n) is 3.29. The van der Waals surface area contributed by atoms with Crippen LogP contribution in [0.4, 0.5) is 0 Å². The van der Waals surface area contributed by atoms with Crippen molar-refractivity contribution < 1.29 is 4.74 Å². The first-order valence-corrected chi connectivity index (χ1v) is 7.56. The fourth-order valence-electron chi connectivity index (χ4n) is 2.08. The molecule has 1 aliphatic heterocycles. The summed E-state index contributed by atoms with van der Waals surface area (Å²) in [6, 6.07) is 10.4. The zero-order valence-electron chi connectivity index (χ0n) is 11.4. The van der Waals surface area contributed by atoms with Crippen molar-refractivity contribution in [2.75, 3.05) is 6.61 Å². The van der Waals surface area contributed by atoms with Gasteiger partial charge in [-0.15, -0.1) is 11.8 Å². The van der Waals surface area contributed by atoms with E-state index in [4.69, 9.17) is 4.74 Å². The number of rotatable bonds is 5. The standard InChI is InChI=1S/C16H22OS/c1-12(2)15-9-13(3)16(18-15)11-17-10-14-7-5-4-6-8-14/h4-9,12,15-16H,10-11H2,1-3H3/t15-,16+/m1/s1. The molecule has 0 saturated heterocycles. The molecule has 0 aromatic heterocycles. The zero-order chi connectivity index (χ0) is 13.0. The lowest BCUT2D eigenvalue weighted by molar-refractivity contribution is 0.127. The summed E-state index contributed by atoms with van der Waals surface area (Å²) in [5, 5.41) is 1.21. The molecule has 0 fully saturated rings. The Morgan fingerprint density at radius 1 is 1.22 bits per heavy atom. The van der Waals surface area contributed by atoms with Gasteiger partial charge in [0.15, 0.2) is 0 Å². The summed E-state index contributed by atoms with van der Waals surface area (Å²) in [7, 11) is 0. The van der Waals surface area contributed by atoms with Gasteiger partial charge in [-0.05, 0) is 18.4 Å². The van der Waals surface area contributed by atoms with Crippen molar-refractivity contribution in [3.8, 4) is 0 Å². The van der Waals surface area contributed by atoms with E-state index in [1.807, 2.05) is 17.8 Å². The van der Waals surface area contributed by atoms with Crippen LogP contribution in [0.3, 0.4) is 0 Å². The van der Waals surface area contributed by atoms with Gasteiger partial charge in [-0.1, -0.05) is 55.8 Å². The molecular weight excluding hydrogens is 240 g/mol. The minimum absolute atomic E-state index is 0.543. The Balaban J connectivity index is 1.77. The lowest BCUT2D eigenvalue weighted by Gasteiger charge is -2.16. The van der Waals surface area contributed by atoms with Gasteiger partial charge in [-0.2, -0.15) is 0 Å². The molecule has 0 aliphatic carbocycles. The molecule has 0 amide bonds. The molecule has 0 bridgehead atoms. The Morgan fingerprint density at radius 3 is 2.56 bits per heavy atom. The average molecular weight is 262 g/mol. The molecule has 98 valence electrons. The van der Waals surface area contributed by atoms with Gasteiger partial charge in [0.1, 0.15) is 0 Å². The molecule has 0 saturated carbocycles. The molecule has 2 heteroatoms. The maximum absolute atomic E-state index is 5.84. The highest BCUT2D eigenvalue weighted by atomic mass is 32.2. The minimum atomic E-state index is 0.543. The highest BCUT2D eigenvalue weighted by molar-refractivity contribution is 8.01. The second-order valence-electron chi connectivity index (χ2n) is 5.24. The molecule has 1 heterocycles. The van der Waals surface area contributed by atoms with Gasteiger partial charge in [0.2, 0.25) is 0 Å². The zero-order valence-corrected chi connectivity index (χ0v) is 12.2. The van der Waals surface area contributed by atoms with Crippen molar-refractivity contribution in [1.82, 2.24) is 0 Å². The predicted molar refractivity (Wildman–Crippen MR) is 79.9 cm³/mol. The molecule has 1 aromatic carbocycles. The first kappa shape index (κ1) is 13.7.